The van der Waals surface area contributed by atoms with E-state index in [0.29, 0.717) is 11.2 Å². The molecule has 1 aromatic carbocycles. The average molecular weight is 304 g/mol. The molecule has 3 rings (SSSR count). The Labute approximate surface area is 131 Å². The van der Waals surface area contributed by atoms with Gasteiger partial charge in [0.15, 0.2) is 0 Å². The van der Waals surface area contributed by atoms with Gasteiger partial charge < -0.3 is 5.32 Å². The summed E-state index contributed by atoms with van der Waals surface area (Å²) in [5.74, 6) is 0. The van der Waals surface area contributed by atoms with E-state index in [1.54, 1.807) is 0 Å². The number of hydrogen-bond acceptors (Lipinski definition) is 3. The summed E-state index contributed by atoms with van der Waals surface area (Å²) >= 11 is 6.37. The molecule has 1 aliphatic heterocycles. The van der Waals surface area contributed by atoms with Gasteiger partial charge in [0, 0.05) is 23.5 Å². The number of halogens is 1. The second kappa shape index (κ2) is 6.73. The van der Waals surface area contributed by atoms with Crippen LogP contribution in [-0.2, 0) is 6.54 Å². The van der Waals surface area contributed by atoms with Gasteiger partial charge in [0.25, 0.3) is 0 Å². The van der Waals surface area contributed by atoms with Crippen molar-refractivity contribution in [2.45, 2.75) is 31.8 Å². The summed E-state index contributed by atoms with van der Waals surface area (Å²) in [6.45, 7) is 3.11. The third-order valence-corrected chi connectivity index (χ3v) is 4.67. The minimum atomic E-state index is 0.627. The van der Waals surface area contributed by atoms with Crippen molar-refractivity contribution in [1.29, 1.82) is 0 Å². The molecule has 21 heavy (non-hydrogen) atoms. The first-order chi connectivity index (χ1) is 10.2. The van der Waals surface area contributed by atoms with E-state index in [1.807, 2.05) is 18.2 Å². The van der Waals surface area contributed by atoms with Crippen molar-refractivity contribution >= 4 is 22.5 Å². The first-order valence-corrected chi connectivity index (χ1v) is 8.07. The predicted molar refractivity (Wildman–Crippen MR) is 88.7 cm³/mol. The van der Waals surface area contributed by atoms with Gasteiger partial charge in [-0.3, -0.25) is 4.90 Å². The molecule has 1 aliphatic rings. The molecule has 1 atom stereocenters. The summed E-state index contributed by atoms with van der Waals surface area (Å²) in [7, 11) is 2.20. The van der Waals surface area contributed by atoms with E-state index >= 15 is 0 Å². The molecular formula is C17H22ClN3. The van der Waals surface area contributed by atoms with Crippen LogP contribution in [0.3, 0.4) is 0 Å². The number of fused-ring (bicyclic) bond motifs is 1. The van der Waals surface area contributed by atoms with Crippen LogP contribution < -0.4 is 5.32 Å². The Morgan fingerprint density at radius 2 is 2.14 bits per heavy atom. The Morgan fingerprint density at radius 1 is 1.29 bits per heavy atom. The monoisotopic (exact) mass is 303 g/mol. The number of nitrogens with one attached hydrogen (secondary N) is 1. The van der Waals surface area contributed by atoms with Crippen molar-refractivity contribution < 1.29 is 0 Å². The van der Waals surface area contributed by atoms with Crippen LogP contribution in [0.4, 0.5) is 0 Å². The van der Waals surface area contributed by atoms with Gasteiger partial charge in [-0.2, -0.15) is 0 Å². The SMILES string of the molecule is CN(Cc1cc2ccccc2nc1Cl)C1CCCNCC1. The van der Waals surface area contributed by atoms with Crippen molar-refractivity contribution in [3.63, 3.8) is 0 Å². The van der Waals surface area contributed by atoms with Crippen LogP contribution in [0.25, 0.3) is 10.9 Å². The fourth-order valence-corrected chi connectivity index (χ4v) is 3.29. The van der Waals surface area contributed by atoms with Crippen LogP contribution in [0, 0.1) is 0 Å². The third-order valence-electron chi connectivity index (χ3n) is 4.34. The van der Waals surface area contributed by atoms with Gasteiger partial charge in [-0.15, -0.1) is 0 Å². The number of nitrogens with zero attached hydrogens (tertiary/aromatic N) is 2. The number of benzene rings is 1. The molecule has 0 amide bonds. The largest absolute Gasteiger partial charge is 0.317 e. The third kappa shape index (κ3) is 3.54. The molecule has 2 aromatic rings. The van der Waals surface area contributed by atoms with Gasteiger partial charge in [0.1, 0.15) is 5.15 Å². The maximum atomic E-state index is 6.37. The fourth-order valence-electron chi connectivity index (χ4n) is 3.09. The van der Waals surface area contributed by atoms with E-state index < -0.39 is 0 Å². The number of para-hydroxylation sites is 1. The van der Waals surface area contributed by atoms with E-state index in [1.165, 1.54) is 19.3 Å². The van der Waals surface area contributed by atoms with Crippen LogP contribution in [0.15, 0.2) is 30.3 Å². The average Bonchev–Trinajstić information content (AvgIpc) is 2.77. The molecule has 0 radical (unpaired) electrons. The highest BCUT2D eigenvalue weighted by molar-refractivity contribution is 6.30. The lowest BCUT2D eigenvalue weighted by atomic mass is 10.1. The molecule has 1 aromatic heterocycles. The lowest BCUT2D eigenvalue weighted by Gasteiger charge is -2.27. The Hall–Kier alpha value is -1.16. The van der Waals surface area contributed by atoms with Gasteiger partial charge in [-0.1, -0.05) is 29.8 Å². The summed E-state index contributed by atoms with van der Waals surface area (Å²) in [4.78, 5) is 6.94. The molecule has 1 saturated heterocycles. The molecule has 1 fully saturated rings. The summed E-state index contributed by atoms with van der Waals surface area (Å²) in [6.07, 6.45) is 3.70. The lowest BCUT2D eigenvalue weighted by Crippen LogP contribution is -2.32. The van der Waals surface area contributed by atoms with Crippen LogP contribution >= 0.6 is 11.6 Å². The Bertz CT molecular complexity index is 606. The summed E-state index contributed by atoms with van der Waals surface area (Å²) in [5.41, 5.74) is 2.09. The van der Waals surface area contributed by atoms with Gasteiger partial charge >= 0.3 is 0 Å². The van der Waals surface area contributed by atoms with Crippen molar-refractivity contribution in [2.75, 3.05) is 20.1 Å². The van der Waals surface area contributed by atoms with Gasteiger partial charge in [-0.05, 0) is 51.5 Å². The van der Waals surface area contributed by atoms with E-state index in [2.05, 4.69) is 34.4 Å². The van der Waals surface area contributed by atoms with E-state index in [4.69, 9.17) is 11.6 Å². The van der Waals surface area contributed by atoms with E-state index in [-0.39, 0.29) is 0 Å². The van der Waals surface area contributed by atoms with Gasteiger partial charge in [-0.25, -0.2) is 4.98 Å². The zero-order chi connectivity index (χ0) is 14.7. The molecule has 0 aliphatic carbocycles. The van der Waals surface area contributed by atoms with E-state index in [9.17, 15) is 0 Å². The molecule has 0 saturated carbocycles. The molecule has 0 spiro atoms. The van der Waals surface area contributed by atoms with Crippen LogP contribution in [0.2, 0.25) is 5.15 Å². The fraction of sp³-hybridized carbons (Fsp3) is 0.471. The molecule has 0 bridgehead atoms. The quantitative estimate of drug-likeness (QED) is 0.880. The number of hydrogen-bond donors (Lipinski definition) is 1. The normalized spacial score (nSPS) is 19.9. The minimum absolute atomic E-state index is 0.627. The number of pyridine rings is 1. The van der Waals surface area contributed by atoms with Crippen LogP contribution in [-0.4, -0.2) is 36.1 Å². The molecular weight excluding hydrogens is 282 g/mol. The maximum absolute atomic E-state index is 6.37. The van der Waals surface area contributed by atoms with Crippen molar-refractivity contribution in [2.24, 2.45) is 0 Å². The molecule has 2 heterocycles. The van der Waals surface area contributed by atoms with Crippen molar-refractivity contribution in [1.82, 2.24) is 15.2 Å². The topological polar surface area (TPSA) is 28.2 Å². The van der Waals surface area contributed by atoms with E-state index in [0.717, 1.165) is 36.1 Å². The molecule has 1 N–H and O–H groups in total. The highest BCUT2D eigenvalue weighted by Gasteiger charge is 2.18. The first-order valence-electron chi connectivity index (χ1n) is 7.69. The lowest BCUT2D eigenvalue weighted by molar-refractivity contribution is 0.216. The first kappa shape index (κ1) is 14.8. The number of rotatable bonds is 3. The molecule has 3 nitrogen and oxygen atoms in total. The Kier molecular flexibility index (Phi) is 4.73. The second-order valence-corrected chi connectivity index (χ2v) is 6.24. The Morgan fingerprint density at radius 3 is 3.05 bits per heavy atom. The van der Waals surface area contributed by atoms with Gasteiger partial charge in [0.2, 0.25) is 0 Å². The Balaban J connectivity index is 1.78. The molecule has 1 unspecified atom stereocenters. The van der Waals surface area contributed by atoms with Crippen LogP contribution in [0.5, 0.6) is 0 Å². The highest BCUT2D eigenvalue weighted by Crippen LogP contribution is 2.23. The standard InChI is InChI=1S/C17H22ClN3/c1-21(15-6-4-9-19-10-8-15)12-14-11-13-5-2-3-7-16(13)20-17(14)18/h2-3,5,7,11,15,19H,4,6,8-10,12H2,1H3. The van der Waals surface area contributed by atoms with Crippen LogP contribution in [0.1, 0.15) is 24.8 Å². The van der Waals surface area contributed by atoms with Gasteiger partial charge in [0.05, 0.1) is 5.52 Å². The zero-order valence-electron chi connectivity index (χ0n) is 12.5. The molecule has 4 heteroatoms. The van der Waals surface area contributed by atoms with Crippen molar-refractivity contribution in [3.8, 4) is 0 Å². The summed E-state index contributed by atoms with van der Waals surface area (Å²) in [5, 5.41) is 5.26. The summed E-state index contributed by atoms with van der Waals surface area (Å²) in [6, 6.07) is 10.9. The predicted octanol–water partition coefficient (Wildman–Crippen LogP) is 3.46. The number of aromatic nitrogens is 1. The molecule has 112 valence electrons. The smallest absolute Gasteiger partial charge is 0.134 e. The zero-order valence-corrected chi connectivity index (χ0v) is 13.2. The summed E-state index contributed by atoms with van der Waals surface area (Å²) < 4.78 is 0. The second-order valence-electron chi connectivity index (χ2n) is 5.88. The van der Waals surface area contributed by atoms with Crippen molar-refractivity contribution in [3.05, 3.63) is 41.0 Å². The highest BCUT2D eigenvalue weighted by atomic mass is 35.5. The maximum Gasteiger partial charge on any atom is 0.134 e. The minimum Gasteiger partial charge on any atom is -0.317 e.